The van der Waals surface area contributed by atoms with Gasteiger partial charge >= 0.3 is 5.97 Å². The van der Waals surface area contributed by atoms with Crippen molar-refractivity contribution in [2.45, 2.75) is 32.3 Å². The molecule has 0 spiro atoms. The number of hydrogen-bond donors (Lipinski definition) is 1. The molecule has 0 aromatic carbocycles. The first-order valence-electron chi connectivity index (χ1n) is 5.30. The van der Waals surface area contributed by atoms with Gasteiger partial charge in [-0.2, -0.15) is 0 Å². The SMILES string of the molecule is CCCCCN1CCOC(C(=O)O)C1. The molecule has 0 aromatic heterocycles. The monoisotopic (exact) mass is 201 g/mol. The number of ether oxygens (including phenoxy) is 1. The van der Waals surface area contributed by atoms with E-state index in [1.165, 1.54) is 12.8 Å². The van der Waals surface area contributed by atoms with Crippen LogP contribution < -0.4 is 0 Å². The van der Waals surface area contributed by atoms with Crippen LogP contribution in [0.3, 0.4) is 0 Å². The van der Waals surface area contributed by atoms with Crippen LogP contribution in [0.4, 0.5) is 0 Å². The molecule has 0 amide bonds. The molecule has 1 aliphatic heterocycles. The lowest BCUT2D eigenvalue weighted by atomic mass is 10.2. The van der Waals surface area contributed by atoms with Crippen molar-refractivity contribution in [3.63, 3.8) is 0 Å². The van der Waals surface area contributed by atoms with Gasteiger partial charge in [0.25, 0.3) is 0 Å². The summed E-state index contributed by atoms with van der Waals surface area (Å²) in [4.78, 5) is 12.9. The normalized spacial score (nSPS) is 23.6. The van der Waals surface area contributed by atoms with Gasteiger partial charge in [0.05, 0.1) is 6.61 Å². The zero-order chi connectivity index (χ0) is 10.4. The van der Waals surface area contributed by atoms with E-state index < -0.39 is 12.1 Å². The van der Waals surface area contributed by atoms with Crippen LogP contribution in [0.1, 0.15) is 26.2 Å². The number of hydrogen-bond acceptors (Lipinski definition) is 3. The van der Waals surface area contributed by atoms with Crippen LogP contribution in [0.15, 0.2) is 0 Å². The first-order valence-corrected chi connectivity index (χ1v) is 5.30. The summed E-state index contributed by atoms with van der Waals surface area (Å²) in [6.45, 7) is 5.12. The van der Waals surface area contributed by atoms with Gasteiger partial charge in [-0.1, -0.05) is 19.8 Å². The van der Waals surface area contributed by atoms with Crippen LogP contribution in [0, 0.1) is 0 Å². The fourth-order valence-electron chi connectivity index (χ4n) is 1.64. The largest absolute Gasteiger partial charge is 0.479 e. The van der Waals surface area contributed by atoms with Crippen molar-refractivity contribution in [1.29, 1.82) is 0 Å². The first kappa shape index (κ1) is 11.5. The number of nitrogens with zero attached hydrogens (tertiary/aromatic N) is 1. The van der Waals surface area contributed by atoms with Gasteiger partial charge in [0.1, 0.15) is 0 Å². The Hall–Kier alpha value is -0.610. The third-order valence-electron chi connectivity index (χ3n) is 2.50. The molecule has 0 aliphatic carbocycles. The van der Waals surface area contributed by atoms with E-state index in [0.717, 1.165) is 19.5 Å². The Morgan fingerprint density at radius 1 is 1.57 bits per heavy atom. The molecule has 14 heavy (non-hydrogen) atoms. The molecule has 1 atom stereocenters. The summed E-state index contributed by atoms with van der Waals surface area (Å²) >= 11 is 0. The van der Waals surface area contributed by atoms with E-state index >= 15 is 0 Å². The molecule has 4 nitrogen and oxygen atoms in total. The minimum atomic E-state index is -0.842. The molecule has 82 valence electrons. The number of morpholine rings is 1. The average Bonchev–Trinajstić information content (AvgIpc) is 2.19. The number of aliphatic carboxylic acids is 1. The summed E-state index contributed by atoms with van der Waals surface area (Å²) in [5.74, 6) is -0.842. The smallest absolute Gasteiger partial charge is 0.334 e. The molecule has 1 N–H and O–H groups in total. The highest BCUT2D eigenvalue weighted by Crippen LogP contribution is 2.07. The maximum Gasteiger partial charge on any atom is 0.334 e. The summed E-state index contributed by atoms with van der Waals surface area (Å²) < 4.78 is 5.13. The Labute approximate surface area is 84.8 Å². The summed E-state index contributed by atoms with van der Waals surface area (Å²) in [6, 6.07) is 0. The maximum atomic E-state index is 10.7. The minimum Gasteiger partial charge on any atom is -0.479 e. The van der Waals surface area contributed by atoms with Gasteiger partial charge in [-0.15, -0.1) is 0 Å². The van der Waals surface area contributed by atoms with E-state index in [9.17, 15) is 4.79 Å². The lowest BCUT2D eigenvalue weighted by Gasteiger charge is -2.30. The molecule has 0 radical (unpaired) electrons. The van der Waals surface area contributed by atoms with Gasteiger partial charge in [0.2, 0.25) is 0 Å². The van der Waals surface area contributed by atoms with E-state index in [4.69, 9.17) is 9.84 Å². The second kappa shape index (κ2) is 5.98. The molecule has 1 aliphatic rings. The number of rotatable bonds is 5. The fourth-order valence-corrected chi connectivity index (χ4v) is 1.64. The maximum absolute atomic E-state index is 10.7. The third-order valence-corrected chi connectivity index (χ3v) is 2.50. The predicted octanol–water partition coefficient (Wildman–Crippen LogP) is 0.962. The van der Waals surface area contributed by atoms with Gasteiger partial charge in [0.15, 0.2) is 6.10 Å². The van der Waals surface area contributed by atoms with Crippen LogP contribution in [-0.4, -0.2) is 48.3 Å². The van der Waals surface area contributed by atoms with Crippen LogP contribution in [0.2, 0.25) is 0 Å². The second-order valence-electron chi connectivity index (χ2n) is 3.71. The molecule has 4 heteroatoms. The van der Waals surface area contributed by atoms with Crippen molar-refractivity contribution in [2.75, 3.05) is 26.2 Å². The summed E-state index contributed by atoms with van der Waals surface area (Å²) in [5.41, 5.74) is 0. The van der Waals surface area contributed by atoms with Crippen molar-refractivity contribution in [1.82, 2.24) is 4.90 Å². The summed E-state index contributed by atoms with van der Waals surface area (Å²) in [7, 11) is 0. The van der Waals surface area contributed by atoms with Crippen LogP contribution in [0.5, 0.6) is 0 Å². The van der Waals surface area contributed by atoms with Crippen molar-refractivity contribution in [2.24, 2.45) is 0 Å². The number of unbranched alkanes of at least 4 members (excludes halogenated alkanes) is 2. The summed E-state index contributed by atoms with van der Waals surface area (Å²) in [5, 5.41) is 8.78. The van der Waals surface area contributed by atoms with Gasteiger partial charge in [-0.25, -0.2) is 4.79 Å². The van der Waals surface area contributed by atoms with E-state index in [0.29, 0.717) is 13.2 Å². The molecule has 1 unspecified atom stereocenters. The van der Waals surface area contributed by atoms with Gasteiger partial charge in [-0.05, 0) is 13.0 Å². The fraction of sp³-hybridized carbons (Fsp3) is 0.900. The highest BCUT2D eigenvalue weighted by molar-refractivity contribution is 5.72. The molecule has 0 bridgehead atoms. The third kappa shape index (κ3) is 3.64. The molecule has 1 fully saturated rings. The average molecular weight is 201 g/mol. The lowest BCUT2D eigenvalue weighted by Crippen LogP contribution is -2.46. The summed E-state index contributed by atoms with van der Waals surface area (Å²) in [6.07, 6.45) is 2.95. The van der Waals surface area contributed by atoms with E-state index in [1.54, 1.807) is 0 Å². The second-order valence-corrected chi connectivity index (χ2v) is 3.71. The Balaban J connectivity index is 2.22. The van der Waals surface area contributed by atoms with Gasteiger partial charge < -0.3 is 9.84 Å². The molecule has 0 aromatic rings. The van der Waals surface area contributed by atoms with Gasteiger partial charge in [-0.3, -0.25) is 4.90 Å². The zero-order valence-corrected chi connectivity index (χ0v) is 8.74. The number of carbonyl (C=O) groups is 1. The quantitative estimate of drug-likeness (QED) is 0.673. The topological polar surface area (TPSA) is 49.8 Å². The molecule has 1 saturated heterocycles. The highest BCUT2D eigenvalue weighted by Gasteiger charge is 2.25. The van der Waals surface area contributed by atoms with Crippen molar-refractivity contribution < 1.29 is 14.6 Å². The molecule has 1 rings (SSSR count). The van der Waals surface area contributed by atoms with Crippen molar-refractivity contribution in [3.8, 4) is 0 Å². The van der Waals surface area contributed by atoms with Crippen LogP contribution >= 0.6 is 0 Å². The van der Waals surface area contributed by atoms with Gasteiger partial charge in [0, 0.05) is 13.1 Å². The van der Waals surface area contributed by atoms with Crippen molar-refractivity contribution >= 4 is 5.97 Å². The van der Waals surface area contributed by atoms with E-state index in [-0.39, 0.29) is 0 Å². The number of carboxylic acid groups (broad SMARTS) is 1. The standard InChI is InChI=1S/C10H19NO3/c1-2-3-4-5-11-6-7-14-9(8-11)10(12)13/h9H,2-8H2,1H3,(H,12,13). The molecule has 0 saturated carbocycles. The van der Waals surface area contributed by atoms with Crippen LogP contribution in [-0.2, 0) is 9.53 Å². The molecular weight excluding hydrogens is 182 g/mol. The van der Waals surface area contributed by atoms with E-state index in [1.807, 2.05) is 0 Å². The Bertz CT molecular complexity index is 184. The predicted molar refractivity (Wildman–Crippen MR) is 53.3 cm³/mol. The Kier molecular flexibility index (Phi) is 4.90. The molecule has 1 heterocycles. The Morgan fingerprint density at radius 2 is 2.36 bits per heavy atom. The number of carboxylic acids is 1. The Morgan fingerprint density at radius 3 is 3.00 bits per heavy atom. The first-order chi connectivity index (χ1) is 6.74. The zero-order valence-electron chi connectivity index (χ0n) is 8.74. The minimum absolute atomic E-state index is 0.541. The van der Waals surface area contributed by atoms with Crippen LogP contribution in [0.25, 0.3) is 0 Å². The van der Waals surface area contributed by atoms with E-state index in [2.05, 4.69) is 11.8 Å². The van der Waals surface area contributed by atoms with Crippen molar-refractivity contribution in [3.05, 3.63) is 0 Å². The lowest BCUT2D eigenvalue weighted by molar-refractivity contribution is -0.156. The highest BCUT2D eigenvalue weighted by atomic mass is 16.5. The molecular formula is C10H19NO3.